The van der Waals surface area contributed by atoms with Crippen LogP contribution in [0.15, 0.2) is 18.2 Å². The first-order chi connectivity index (χ1) is 8.69. The molecule has 0 aliphatic heterocycles. The summed E-state index contributed by atoms with van der Waals surface area (Å²) in [6.45, 7) is -2.84. The van der Waals surface area contributed by atoms with Crippen molar-refractivity contribution in [3.8, 4) is 11.5 Å². The van der Waals surface area contributed by atoms with Crippen LogP contribution < -0.4 is 14.8 Å². The van der Waals surface area contributed by atoms with Gasteiger partial charge in [0.05, 0.1) is 7.11 Å². The van der Waals surface area contributed by atoms with Gasteiger partial charge in [0, 0.05) is 17.8 Å². The highest BCUT2D eigenvalue weighted by Gasteiger charge is 2.16. The molecule has 0 saturated heterocycles. The Morgan fingerprint density at radius 3 is 2.56 bits per heavy atom. The van der Waals surface area contributed by atoms with Crippen LogP contribution in [-0.4, -0.2) is 19.8 Å². The Kier molecular flexibility index (Phi) is 4.23. The van der Waals surface area contributed by atoms with Gasteiger partial charge in [0.1, 0.15) is 0 Å². The highest BCUT2D eigenvalue weighted by molar-refractivity contribution is 5.55. The molecule has 1 saturated carbocycles. The lowest BCUT2D eigenvalue weighted by Gasteiger charge is -2.16. The van der Waals surface area contributed by atoms with Gasteiger partial charge in [0.25, 0.3) is 0 Å². The SMILES string of the molecule is COc1cc(NC2CCCC2)ccc1OC(F)F. The molecule has 1 aliphatic rings. The lowest BCUT2D eigenvalue weighted by molar-refractivity contribution is -0.0512. The van der Waals surface area contributed by atoms with Crippen LogP contribution >= 0.6 is 0 Å². The zero-order valence-corrected chi connectivity index (χ0v) is 10.3. The van der Waals surface area contributed by atoms with Crippen molar-refractivity contribution < 1.29 is 18.3 Å². The summed E-state index contributed by atoms with van der Waals surface area (Å²) in [7, 11) is 1.44. The number of hydrogen-bond acceptors (Lipinski definition) is 3. The normalized spacial score (nSPS) is 16.0. The first-order valence-electron chi connectivity index (χ1n) is 6.08. The summed E-state index contributed by atoms with van der Waals surface area (Å²) >= 11 is 0. The van der Waals surface area contributed by atoms with Gasteiger partial charge >= 0.3 is 6.61 Å². The molecule has 0 bridgehead atoms. The summed E-state index contributed by atoms with van der Waals surface area (Å²) in [5.41, 5.74) is 0.875. The molecule has 2 rings (SSSR count). The molecule has 1 aromatic carbocycles. The molecule has 0 aromatic heterocycles. The van der Waals surface area contributed by atoms with E-state index in [1.54, 1.807) is 12.1 Å². The minimum absolute atomic E-state index is 0.0597. The molecule has 0 heterocycles. The third kappa shape index (κ3) is 3.24. The van der Waals surface area contributed by atoms with Crippen LogP contribution in [0, 0.1) is 0 Å². The highest BCUT2D eigenvalue weighted by atomic mass is 19.3. The van der Waals surface area contributed by atoms with Gasteiger partial charge in [-0.15, -0.1) is 0 Å². The Labute approximate surface area is 105 Å². The van der Waals surface area contributed by atoms with Crippen LogP contribution in [0.5, 0.6) is 11.5 Å². The van der Waals surface area contributed by atoms with Gasteiger partial charge in [-0.05, 0) is 25.0 Å². The first kappa shape index (κ1) is 12.9. The van der Waals surface area contributed by atoms with Gasteiger partial charge in [-0.1, -0.05) is 12.8 Å². The molecule has 0 atom stereocenters. The van der Waals surface area contributed by atoms with Crippen LogP contribution in [0.25, 0.3) is 0 Å². The maximum atomic E-state index is 12.2. The summed E-state index contributed by atoms with van der Waals surface area (Å²) < 4.78 is 33.8. The van der Waals surface area contributed by atoms with Crippen molar-refractivity contribution in [1.29, 1.82) is 0 Å². The standard InChI is InChI=1S/C13H17F2NO2/c1-17-12-8-10(16-9-4-2-3-5-9)6-7-11(12)18-13(14)15/h6-9,13,16H,2-5H2,1H3. The number of benzene rings is 1. The molecule has 1 fully saturated rings. The van der Waals surface area contributed by atoms with Crippen molar-refractivity contribution in [2.24, 2.45) is 0 Å². The summed E-state index contributed by atoms with van der Waals surface area (Å²) in [6.07, 6.45) is 4.78. The van der Waals surface area contributed by atoms with Crippen LogP contribution in [0.2, 0.25) is 0 Å². The molecule has 0 amide bonds. The molecule has 0 unspecified atom stereocenters. The summed E-state index contributed by atoms with van der Waals surface area (Å²) in [5.74, 6) is 0.378. The van der Waals surface area contributed by atoms with Crippen molar-refractivity contribution in [2.45, 2.75) is 38.3 Å². The van der Waals surface area contributed by atoms with Gasteiger partial charge in [-0.25, -0.2) is 0 Å². The molecule has 1 aliphatic carbocycles. The molecule has 5 heteroatoms. The topological polar surface area (TPSA) is 30.5 Å². The lowest BCUT2D eigenvalue weighted by atomic mass is 10.2. The van der Waals surface area contributed by atoms with E-state index in [-0.39, 0.29) is 5.75 Å². The van der Waals surface area contributed by atoms with E-state index in [4.69, 9.17) is 4.74 Å². The minimum Gasteiger partial charge on any atom is -0.493 e. The van der Waals surface area contributed by atoms with E-state index >= 15 is 0 Å². The number of nitrogens with one attached hydrogen (secondary N) is 1. The van der Waals surface area contributed by atoms with E-state index in [1.165, 1.54) is 26.0 Å². The zero-order valence-electron chi connectivity index (χ0n) is 10.3. The molecule has 18 heavy (non-hydrogen) atoms. The van der Waals surface area contributed by atoms with Crippen LogP contribution in [0.1, 0.15) is 25.7 Å². The van der Waals surface area contributed by atoms with Crippen LogP contribution in [0.4, 0.5) is 14.5 Å². The fraction of sp³-hybridized carbons (Fsp3) is 0.538. The number of hydrogen-bond donors (Lipinski definition) is 1. The molecule has 0 spiro atoms. The maximum absolute atomic E-state index is 12.2. The van der Waals surface area contributed by atoms with Crippen molar-refractivity contribution in [3.05, 3.63) is 18.2 Å². The first-order valence-corrected chi connectivity index (χ1v) is 6.08. The van der Waals surface area contributed by atoms with E-state index in [0.29, 0.717) is 11.8 Å². The second-order valence-electron chi connectivity index (χ2n) is 4.37. The minimum atomic E-state index is -2.84. The molecule has 100 valence electrons. The third-order valence-electron chi connectivity index (χ3n) is 3.11. The molecular formula is C13H17F2NO2. The van der Waals surface area contributed by atoms with Crippen molar-refractivity contribution >= 4 is 5.69 Å². The summed E-state index contributed by atoms with van der Waals surface area (Å²) in [5, 5.41) is 3.37. The fourth-order valence-electron chi connectivity index (χ4n) is 2.26. The molecule has 3 nitrogen and oxygen atoms in total. The van der Waals surface area contributed by atoms with E-state index in [1.807, 2.05) is 0 Å². The Morgan fingerprint density at radius 2 is 1.94 bits per heavy atom. The van der Waals surface area contributed by atoms with Crippen LogP contribution in [-0.2, 0) is 0 Å². The predicted molar refractivity (Wildman–Crippen MR) is 65.5 cm³/mol. The van der Waals surface area contributed by atoms with Crippen molar-refractivity contribution in [2.75, 3.05) is 12.4 Å². The summed E-state index contributed by atoms with van der Waals surface area (Å²) in [6, 6.07) is 5.40. The van der Waals surface area contributed by atoms with E-state index in [9.17, 15) is 8.78 Å². The lowest BCUT2D eigenvalue weighted by Crippen LogP contribution is -2.14. The maximum Gasteiger partial charge on any atom is 0.387 e. The Bertz CT molecular complexity index is 393. The Balaban J connectivity index is 2.08. The second-order valence-corrected chi connectivity index (χ2v) is 4.37. The average Bonchev–Trinajstić information content (AvgIpc) is 2.83. The molecule has 1 aromatic rings. The van der Waals surface area contributed by atoms with Gasteiger partial charge in [0.15, 0.2) is 11.5 Å². The average molecular weight is 257 g/mol. The quantitative estimate of drug-likeness (QED) is 0.873. The molecule has 0 radical (unpaired) electrons. The van der Waals surface area contributed by atoms with Gasteiger partial charge < -0.3 is 14.8 Å². The van der Waals surface area contributed by atoms with Gasteiger partial charge in [-0.3, -0.25) is 0 Å². The summed E-state index contributed by atoms with van der Waals surface area (Å²) in [4.78, 5) is 0. The highest BCUT2D eigenvalue weighted by Crippen LogP contribution is 2.32. The molecular weight excluding hydrogens is 240 g/mol. The smallest absolute Gasteiger partial charge is 0.387 e. The number of halogens is 2. The number of methoxy groups -OCH3 is 1. The number of rotatable bonds is 5. The largest absolute Gasteiger partial charge is 0.493 e. The number of anilines is 1. The van der Waals surface area contributed by atoms with E-state index in [2.05, 4.69) is 10.1 Å². The monoisotopic (exact) mass is 257 g/mol. The number of alkyl halides is 2. The van der Waals surface area contributed by atoms with Crippen molar-refractivity contribution in [3.63, 3.8) is 0 Å². The zero-order chi connectivity index (χ0) is 13.0. The Hall–Kier alpha value is -1.52. The van der Waals surface area contributed by atoms with E-state index < -0.39 is 6.61 Å². The molecule has 1 N–H and O–H groups in total. The number of ether oxygens (including phenoxy) is 2. The third-order valence-corrected chi connectivity index (χ3v) is 3.11. The second kappa shape index (κ2) is 5.89. The predicted octanol–water partition coefficient (Wildman–Crippen LogP) is 3.65. The van der Waals surface area contributed by atoms with Gasteiger partial charge in [-0.2, -0.15) is 8.78 Å². The van der Waals surface area contributed by atoms with Crippen molar-refractivity contribution in [1.82, 2.24) is 0 Å². The van der Waals surface area contributed by atoms with E-state index in [0.717, 1.165) is 18.5 Å². The van der Waals surface area contributed by atoms with Gasteiger partial charge in [0.2, 0.25) is 0 Å². The Morgan fingerprint density at radius 1 is 1.22 bits per heavy atom. The fourth-order valence-corrected chi connectivity index (χ4v) is 2.26. The van der Waals surface area contributed by atoms with Crippen LogP contribution in [0.3, 0.4) is 0 Å².